The van der Waals surface area contributed by atoms with Crippen LogP contribution < -0.4 is 20.6 Å². The Morgan fingerprint density at radius 2 is 2.00 bits per heavy atom. The number of hydrogen-bond acceptors (Lipinski definition) is 7. The summed E-state index contributed by atoms with van der Waals surface area (Å²) in [5, 5.41) is 10.8. The van der Waals surface area contributed by atoms with E-state index in [2.05, 4.69) is 25.7 Å². The molecule has 0 bridgehead atoms. The van der Waals surface area contributed by atoms with Gasteiger partial charge in [0.05, 0.1) is 25.5 Å². The molecular formula is C16H20ClN5O3. The Bertz CT molecular complexity index is 843. The molecule has 0 amide bonds. The van der Waals surface area contributed by atoms with Crippen LogP contribution in [0.4, 0.5) is 5.82 Å². The molecule has 134 valence electrons. The lowest BCUT2D eigenvalue weighted by atomic mass is 9.92. The van der Waals surface area contributed by atoms with Gasteiger partial charge < -0.3 is 9.47 Å². The number of rotatable bonds is 5. The summed E-state index contributed by atoms with van der Waals surface area (Å²) in [6.45, 7) is 5.86. The van der Waals surface area contributed by atoms with Crippen molar-refractivity contribution in [1.82, 2.24) is 15.2 Å². The van der Waals surface area contributed by atoms with E-state index in [9.17, 15) is 4.79 Å². The number of H-pyrrole nitrogens is 1. The number of anilines is 1. The number of nitrogens with zero attached hydrogens (tertiary/aromatic N) is 3. The van der Waals surface area contributed by atoms with Gasteiger partial charge in [0.25, 0.3) is 0 Å². The number of aromatic nitrogens is 3. The van der Waals surface area contributed by atoms with E-state index in [0.717, 1.165) is 0 Å². The fraction of sp³-hybridized carbons (Fsp3) is 0.375. The maximum absolute atomic E-state index is 11.4. The molecule has 0 unspecified atom stereocenters. The van der Waals surface area contributed by atoms with Gasteiger partial charge in [-0.15, -0.1) is 0 Å². The Morgan fingerprint density at radius 1 is 1.28 bits per heavy atom. The molecule has 0 saturated carbocycles. The zero-order valence-corrected chi connectivity index (χ0v) is 15.4. The predicted molar refractivity (Wildman–Crippen MR) is 97.1 cm³/mol. The quantitative estimate of drug-likeness (QED) is 0.623. The SMILES string of the molecule is COc1ccc(/C=N/Nc2nc(=O)[nH]nc2C(C)(C)C)c(Cl)c1OC. The molecule has 2 N–H and O–H groups in total. The normalized spacial score (nSPS) is 11.6. The Kier molecular flexibility index (Phi) is 5.63. The van der Waals surface area contributed by atoms with Gasteiger partial charge in [0.15, 0.2) is 17.3 Å². The molecule has 0 aliphatic heterocycles. The van der Waals surface area contributed by atoms with Crippen molar-refractivity contribution in [3.05, 3.63) is 38.9 Å². The van der Waals surface area contributed by atoms with Gasteiger partial charge in [-0.25, -0.2) is 9.89 Å². The third-order valence-corrected chi connectivity index (χ3v) is 3.69. The van der Waals surface area contributed by atoms with Crippen LogP contribution in [-0.4, -0.2) is 35.6 Å². The van der Waals surface area contributed by atoms with Crippen LogP contribution in [0.5, 0.6) is 11.5 Å². The lowest BCUT2D eigenvalue weighted by Gasteiger charge is -2.18. The van der Waals surface area contributed by atoms with Crippen LogP contribution in [0.25, 0.3) is 0 Å². The first kappa shape index (κ1) is 18.7. The molecule has 2 rings (SSSR count). The number of ether oxygens (including phenoxy) is 2. The standard InChI is InChI=1S/C16H20ClN5O3/c1-16(2,3)13-14(19-15(23)22-20-13)21-18-8-9-6-7-10(24-4)12(25-5)11(9)17/h6-8H,1-5H3,(H2,19,21,22,23)/b18-8+. The molecule has 8 nitrogen and oxygen atoms in total. The number of aromatic amines is 1. The maximum atomic E-state index is 11.4. The van der Waals surface area contributed by atoms with Crippen LogP contribution in [-0.2, 0) is 5.41 Å². The number of halogens is 1. The predicted octanol–water partition coefficient (Wildman–Crippen LogP) is 2.58. The Morgan fingerprint density at radius 3 is 2.60 bits per heavy atom. The summed E-state index contributed by atoms with van der Waals surface area (Å²) in [4.78, 5) is 15.3. The first-order chi connectivity index (χ1) is 11.8. The molecule has 1 heterocycles. The highest BCUT2D eigenvalue weighted by Gasteiger charge is 2.21. The maximum Gasteiger partial charge on any atom is 0.363 e. The Labute approximate surface area is 150 Å². The minimum Gasteiger partial charge on any atom is -0.493 e. The minimum atomic E-state index is -0.560. The third-order valence-electron chi connectivity index (χ3n) is 3.30. The summed E-state index contributed by atoms with van der Waals surface area (Å²) in [5.74, 6) is 1.22. The van der Waals surface area contributed by atoms with E-state index in [1.165, 1.54) is 20.4 Å². The molecule has 0 atom stereocenters. The second-order valence-electron chi connectivity index (χ2n) is 6.16. The fourth-order valence-electron chi connectivity index (χ4n) is 2.10. The van der Waals surface area contributed by atoms with Gasteiger partial charge in [0.2, 0.25) is 0 Å². The Balaban J connectivity index is 2.31. The summed E-state index contributed by atoms with van der Waals surface area (Å²) in [7, 11) is 3.04. The van der Waals surface area contributed by atoms with E-state index in [0.29, 0.717) is 27.8 Å². The highest BCUT2D eigenvalue weighted by molar-refractivity contribution is 6.34. The van der Waals surface area contributed by atoms with Crippen LogP contribution in [0.1, 0.15) is 32.0 Å². The summed E-state index contributed by atoms with van der Waals surface area (Å²) >= 11 is 6.30. The smallest absolute Gasteiger partial charge is 0.363 e. The first-order valence-corrected chi connectivity index (χ1v) is 7.82. The van der Waals surface area contributed by atoms with Crippen molar-refractivity contribution < 1.29 is 9.47 Å². The highest BCUT2D eigenvalue weighted by Crippen LogP contribution is 2.36. The summed E-state index contributed by atoms with van der Waals surface area (Å²) in [6.07, 6.45) is 1.50. The molecule has 0 spiro atoms. The van der Waals surface area contributed by atoms with E-state index in [1.807, 2.05) is 20.8 Å². The lowest BCUT2D eigenvalue weighted by Crippen LogP contribution is -2.24. The molecular weight excluding hydrogens is 346 g/mol. The van der Waals surface area contributed by atoms with Crippen LogP contribution in [0.2, 0.25) is 5.02 Å². The largest absolute Gasteiger partial charge is 0.493 e. The van der Waals surface area contributed by atoms with Gasteiger partial charge in [0, 0.05) is 11.0 Å². The van der Waals surface area contributed by atoms with Crippen LogP contribution in [0, 0.1) is 0 Å². The minimum absolute atomic E-state index is 0.282. The number of hydrazone groups is 1. The van der Waals surface area contributed by atoms with Gasteiger partial charge in [-0.1, -0.05) is 32.4 Å². The van der Waals surface area contributed by atoms with Gasteiger partial charge in [0.1, 0.15) is 5.69 Å². The van der Waals surface area contributed by atoms with E-state index < -0.39 is 5.69 Å². The van der Waals surface area contributed by atoms with E-state index in [1.54, 1.807) is 12.1 Å². The van der Waals surface area contributed by atoms with E-state index >= 15 is 0 Å². The molecule has 1 aromatic heterocycles. The van der Waals surface area contributed by atoms with Gasteiger partial charge in [-0.05, 0) is 12.1 Å². The number of hydrogen-bond donors (Lipinski definition) is 2. The van der Waals surface area contributed by atoms with Gasteiger partial charge in [-0.3, -0.25) is 5.43 Å². The summed E-state index contributed by atoms with van der Waals surface area (Å²) in [5.41, 5.74) is 3.06. The van der Waals surface area contributed by atoms with Crippen molar-refractivity contribution in [2.24, 2.45) is 5.10 Å². The fourth-order valence-corrected chi connectivity index (χ4v) is 2.39. The molecule has 0 aliphatic carbocycles. The van der Waals surface area contributed by atoms with Crippen LogP contribution in [0.3, 0.4) is 0 Å². The average molecular weight is 366 g/mol. The Hall–Kier alpha value is -2.61. The third kappa shape index (κ3) is 4.27. The summed E-state index contributed by atoms with van der Waals surface area (Å²) in [6, 6.07) is 3.46. The van der Waals surface area contributed by atoms with Crippen molar-refractivity contribution in [2.45, 2.75) is 26.2 Å². The summed E-state index contributed by atoms with van der Waals surface area (Å²) < 4.78 is 10.4. The van der Waals surface area contributed by atoms with Crippen molar-refractivity contribution >= 4 is 23.6 Å². The number of benzene rings is 1. The monoisotopic (exact) mass is 365 g/mol. The van der Waals surface area contributed by atoms with Crippen molar-refractivity contribution in [3.8, 4) is 11.5 Å². The van der Waals surface area contributed by atoms with Crippen LogP contribution in [0.15, 0.2) is 22.0 Å². The van der Waals surface area contributed by atoms with Crippen molar-refractivity contribution in [2.75, 3.05) is 19.6 Å². The molecule has 1 aromatic carbocycles. The van der Waals surface area contributed by atoms with Gasteiger partial charge in [-0.2, -0.15) is 15.2 Å². The second-order valence-corrected chi connectivity index (χ2v) is 6.54. The van der Waals surface area contributed by atoms with Crippen LogP contribution >= 0.6 is 11.6 Å². The first-order valence-electron chi connectivity index (χ1n) is 7.44. The molecule has 0 aliphatic rings. The van der Waals surface area contributed by atoms with Crippen molar-refractivity contribution in [1.29, 1.82) is 0 Å². The average Bonchev–Trinajstić information content (AvgIpc) is 2.55. The molecule has 25 heavy (non-hydrogen) atoms. The number of methoxy groups -OCH3 is 2. The molecule has 0 radical (unpaired) electrons. The van der Waals surface area contributed by atoms with Gasteiger partial charge >= 0.3 is 5.69 Å². The molecule has 2 aromatic rings. The van der Waals surface area contributed by atoms with E-state index in [4.69, 9.17) is 21.1 Å². The highest BCUT2D eigenvalue weighted by atomic mass is 35.5. The topological polar surface area (TPSA) is 101 Å². The molecule has 0 saturated heterocycles. The van der Waals surface area contributed by atoms with E-state index in [-0.39, 0.29) is 11.2 Å². The molecule has 0 fully saturated rings. The van der Waals surface area contributed by atoms with Crippen molar-refractivity contribution in [3.63, 3.8) is 0 Å². The lowest BCUT2D eigenvalue weighted by molar-refractivity contribution is 0.355. The molecule has 9 heteroatoms. The second kappa shape index (κ2) is 7.52. The number of nitrogens with one attached hydrogen (secondary N) is 2. The zero-order chi connectivity index (χ0) is 18.6. The zero-order valence-electron chi connectivity index (χ0n) is 14.7.